The van der Waals surface area contributed by atoms with Gasteiger partial charge in [0.25, 0.3) is 0 Å². The Kier molecular flexibility index (Phi) is 3.38. The minimum Gasteiger partial charge on any atom is -0.283 e. The van der Waals surface area contributed by atoms with Gasteiger partial charge in [0.2, 0.25) is 5.91 Å². The summed E-state index contributed by atoms with van der Waals surface area (Å²) in [7, 11) is 1.58. The maximum Gasteiger partial charge on any atom is 0.246 e. The first-order valence-electron chi connectivity index (χ1n) is 5.37. The SMILES string of the molecule is Cc1ccc(C(C)(C)C(=O)N(C)N)c(C)c1. The van der Waals surface area contributed by atoms with Crippen molar-refractivity contribution in [3.8, 4) is 0 Å². The predicted molar refractivity (Wildman–Crippen MR) is 65.9 cm³/mol. The first-order valence-corrected chi connectivity index (χ1v) is 5.37. The van der Waals surface area contributed by atoms with Crippen LogP contribution in [-0.4, -0.2) is 18.0 Å². The number of carbonyl (C=O) groups excluding carboxylic acids is 1. The molecule has 0 spiro atoms. The minimum absolute atomic E-state index is 0.0838. The summed E-state index contributed by atoms with van der Waals surface area (Å²) in [6, 6.07) is 6.11. The van der Waals surface area contributed by atoms with Crippen LogP contribution in [0.2, 0.25) is 0 Å². The minimum atomic E-state index is -0.582. The van der Waals surface area contributed by atoms with Crippen LogP contribution in [0.3, 0.4) is 0 Å². The third-order valence-corrected chi connectivity index (χ3v) is 2.91. The van der Waals surface area contributed by atoms with Gasteiger partial charge < -0.3 is 0 Å². The van der Waals surface area contributed by atoms with Crippen LogP contribution in [0.4, 0.5) is 0 Å². The molecule has 1 aromatic carbocycles. The first-order chi connectivity index (χ1) is 7.26. The summed E-state index contributed by atoms with van der Waals surface area (Å²) in [5.74, 6) is 5.44. The van der Waals surface area contributed by atoms with E-state index in [9.17, 15) is 4.79 Å². The van der Waals surface area contributed by atoms with Gasteiger partial charge in [0.1, 0.15) is 0 Å². The van der Waals surface area contributed by atoms with E-state index < -0.39 is 5.41 Å². The molecule has 0 aliphatic heterocycles. The summed E-state index contributed by atoms with van der Waals surface area (Å²) in [5.41, 5.74) is 2.77. The Labute approximate surface area is 97.2 Å². The molecular formula is C13H20N2O. The summed E-state index contributed by atoms with van der Waals surface area (Å²) >= 11 is 0. The number of rotatable bonds is 2. The molecular weight excluding hydrogens is 200 g/mol. The molecule has 1 amide bonds. The van der Waals surface area contributed by atoms with E-state index in [2.05, 4.69) is 6.07 Å². The van der Waals surface area contributed by atoms with Crippen LogP contribution in [0.1, 0.15) is 30.5 Å². The van der Waals surface area contributed by atoms with Crippen molar-refractivity contribution in [2.75, 3.05) is 7.05 Å². The van der Waals surface area contributed by atoms with Crippen LogP contribution in [0.5, 0.6) is 0 Å². The molecule has 2 N–H and O–H groups in total. The van der Waals surface area contributed by atoms with Crippen molar-refractivity contribution < 1.29 is 4.79 Å². The molecule has 88 valence electrons. The van der Waals surface area contributed by atoms with E-state index in [0.717, 1.165) is 16.1 Å². The lowest BCUT2D eigenvalue weighted by Crippen LogP contribution is -2.45. The predicted octanol–water partition coefficient (Wildman–Crippen LogP) is 1.91. The van der Waals surface area contributed by atoms with E-state index in [4.69, 9.17) is 5.84 Å². The number of nitrogens with two attached hydrogens (primary N) is 1. The Bertz CT molecular complexity index is 408. The van der Waals surface area contributed by atoms with Crippen molar-refractivity contribution in [3.63, 3.8) is 0 Å². The average molecular weight is 220 g/mol. The van der Waals surface area contributed by atoms with Gasteiger partial charge in [-0.05, 0) is 38.8 Å². The Morgan fingerprint density at radius 1 is 1.31 bits per heavy atom. The normalized spacial score (nSPS) is 11.4. The fraction of sp³-hybridized carbons (Fsp3) is 0.462. The highest BCUT2D eigenvalue weighted by Crippen LogP contribution is 2.28. The summed E-state index contributed by atoms with van der Waals surface area (Å²) in [5, 5.41) is 1.15. The van der Waals surface area contributed by atoms with Crippen LogP contribution < -0.4 is 5.84 Å². The van der Waals surface area contributed by atoms with Crippen LogP contribution in [0.15, 0.2) is 18.2 Å². The van der Waals surface area contributed by atoms with Crippen LogP contribution in [0.25, 0.3) is 0 Å². The van der Waals surface area contributed by atoms with Gasteiger partial charge in [0.15, 0.2) is 0 Å². The number of amides is 1. The van der Waals surface area contributed by atoms with Crippen molar-refractivity contribution in [2.24, 2.45) is 5.84 Å². The molecule has 3 nitrogen and oxygen atoms in total. The lowest BCUT2D eigenvalue weighted by Gasteiger charge is -2.28. The van der Waals surface area contributed by atoms with Gasteiger partial charge in [-0.25, -0.2) is 5.84 Å². The molecule has 0 fully saturated rings. The molecule has 0 aliphatic carbocycles. The highest BCUT2D eigenvalue weighted by atomic mass is 16.2. The summed E-state index contributed by atoms with van der Waals surface area (Å²) in [6.45, 7) is 7.86. The Morgan fingerprint density at radius 2 is 1.88 bits per heavy atom. The Balaban J connectivity index is 3.21. The molecule has 0 bridgehead atoms. The van der Waals surface area contributed by atoms with Gasteiger partial charge in [0, 0.05) is 7.05 Å². The number of hydrogen-bond acceptors (Lipinski definition) is 2. The molecule has 1 aromatic rings. The quantitative estimate of drug-likeness (QED) is 0.470. The summed E-state index contributed by atoms with van der Waals surface area (Å²) in [6.07, 6.45) is 0. The van der Waals surface area contributed by atoms with Gasteiger partial charge in [-0.3, -0.25) is 9.80 Å². The number of aryl methyl sites for hydroxylation is 2. The standard InChI is InChI=1S/C13H20N2O/c1-9-6-7-11(10(2)8-9)13(3,4)12(16)15(5)14/h6-8H,14H2,1-5H3. The highest BCUT2D eigenvalue weighted by Gasteiger charge is 2.32. The van der Waals surface area contributed by atoms with E-state index in [-0.39, 0.29) is 5.91 Å². The monoisotopic (exact) mass is 220 g/mol. The maximum atomic E-state index is 12.0. The maximum absolute atomic E-state index is 12.0. The van der Waals surface area contributed by atoms with E-state index in [0.29, 0.717) is 0 Å². The molecule has 3 heteroatoms. The second-order valence-corrected chi connectivity index (χ2v) is 4.86. The Morgan fingerprint density at radius 3 is 2.31 bits per heavy atom. The molecule has 16 heavy (non-hydrogen) atoms. The van der Waals surface area contributed by atoms with Crippen molar-refractivity contribution in [1.82, 2.24) is 5.01 Å². The second kappa shape index (κ2) is 4.26. The summed E-state index contributed by atoms with van der Waals surface area (Å²) < 4.78 is 0. The van der Waals surface area contributed by atoms with Crippen molar-refractivity contribution in [1.29, 1.82) is 0 Å². The lowest BCUT2D eigenvalue weighted by molar-refractivity contribution is -0.135. The van der Waals surface area contributed by atoms with Crippen LogP contribution >= 0.6 is 0 Å². The summed E-state index contributed by atoms with van der Waals surface area (Å²) in [4.78, 5) is 12.0. The van der Waals surface area contributed by atoms with Crippen molar-refractivity contribution in [2.45, 2.75) is 33.1 Å². The van der Waals surface area contributed by atoms with Gasteiger partial charge in [-0.2, -0.15) is 0 Å². The highest BCUT2D eigenvalue weighted by molar-refractivity contribution is 5.87. The number of hydrazine groups is 1. The molecule has 0 radical (unpaired) electrons. The number of hydrogen-bond donors (Lipinski definition) is 1. The smallest absolute Gasteiger partial charge is 0.246 e. The molecule has 0 aliphatic rings. The van der Waals surface area contributed by atoms with Crippen molar-refractivity contribution >= 4 is 5.91 Å². The zero-order valence-electron chi connectivity index (χ0n) is 10.7. The lowest BCUT2D eigenvalue weighted by atomic mass is 9.80. The topological polar surface area (TPSA) is 46.3 Å². The number of likely N-dealkylation sites (N-methyl/N-ethyl adjacent to an activating group) is 1. The fourth-order valence-corrected chi connectivity index (χ4v) is 2.07. The third-order valence-electron chi connectivity index (χ3n) is 2.91. The second-order valence-electron chi connectivity index (χ2n) is 4.86. The van der Waals surface area contributed by atoms with E-state index in [1.807, 2.05) is 39.8 Å². The zero-order valence-corrected chi connectivity index (χ0v) is 10.7. The van der Waals surface area contributed by atoms with Crippen LogP contribution in [0, 0.1) is 13.8 Å². The molecule has 0 aromatic heterocycles. The van der Waals surface area contributed by atoms with Gasteiger partial charge in [-0.15, -0.1) is 0 Å². The Hall–Kier alpha value is -1.35. The van der Waals surface area contributed by atoms with E-state index in [1.54, 1.807) is 7.05 Å². The van der Waals surface area contributed by atoms with Crippen LogP contribution in [-0.2, 0) is 10.2 Å². The first kappa shape index (κ1) is 12.7. The number of benzene rings is 1. The molecule has 0 saturated carbocycles. The molecule has 0 atom stereocenters. The van der Waals surface area contributed by atoms with Gasteiger partial charge in [-0.1, -0.05) is 23.8 Å². The zero-order chi connectivity index (χ0) is 12.5. The van der Waals surface area contributed by atoms with Gasteiger partial charge >= 0.3 is 0 Å². The molecule has 0 heterocycles. The average Bonchev–Trinajstić information content (AvgIpc) is 2.15. The fourth-order valence-electron chi connectivity index (χ4n) is 2.07. The van der Waals surface area contributed by atoms with Gasteiger partial charge in [0.05, 0.1) is 5.41 Å². The van der Waals surface area contributed by atoms with E-state index >= 15 is 0 Å². The van der Waals surface area contributed by atoms with Crippen molar-refractivity contribution in [3.05, 3.63) is 34.9 Å². The molecule has 0 saturated heterocycles. The number of carbonyl (C=O) groups is 1. The largest absolute Gasteiger partial charge is 0.283 e. The molecule has 1 rings (SSSR count). The third kappa shape index (κ3) is 2.25. The van der Waals surface area contributed by atoms with E-state index in [1.165, 1.54) is 5.56 Å². The number of nitrogens with zero attached hydrogens (tertiary/aromatic N) is 1. The molecule has 0 unspecified atom stereocenters.